The van der Waals surface area contributed by atoms with Gasteiger partial charge in [-0.15, -0.1) is 0 Å². The number of nitrogens with zero attached hydrogens (tertiary/aromatic N) is 2. The third-order valence-electron chi connectivity index (χ3n) is 3.08. The van der Waals surface area contributed by atoms with E-state index in [1.807, 2.05) is 13.8 Å². The molecule has 2 N–H and O–H groups in total. The number of nitrogens with two attached hydrogens (primary N) is 1. The highest BCUT2D eigenvalue weighted by Gasteiger charge is 2.33. The van der Waals surface area contributed by atoms with Crippen molar-refractivity contribution in [2.45, 2.75) is 26.4 Å². The first kappa shape index (κ1) is 16.3. The van der Waals surface area contributed by atoms with Crippen LogP contribution in [0.1, 0.15) is 36.3 Å². The van der Waals surface area contributed by atoms with Crippen LogP contribution in [0.2, 0.25) is 0 Å². The standard InChI is InChI=1S/C13H18F3N3O/c1-4-8(2)7-19(3)12-9(11(17)20)5-6-10(18-12)13(14,15)16/h5-6,8H,4,7H2,1-3H3,(H2,17,20). The molecule has 0 aliphatic carbocycles. The molecule has 0 spiro atoms. The van der Waals surface area contributed by atoms with E-state index in [9.17, 15) is 18.0 Å². The SMILES string of the molecule is CCC(C)CN(C)c1nc(C(F)(F)F)ccc1C(N)=O. The first-order valence-electron chi connectivity index (χ1n) is 6.26. The van der Waals surface area contributed by atoms with Crippen molar-refractivity contribution in [2.75, 3.05) is 18.5 Å². The van der Waals surface area contributed by atoms with E-state index < -0.39 is 17.8 Å². The maximum absolute atomic E-state index is 12.7. The number of amides is 1. The molecule has 1 rings (SSSR count). The Hall–Kier alpha value is -1.79. The Morgan fingerprint density at radius 3 is 2.50 bits per heavy atom. The number of alkyl halides is 3. The zero-order valence-electron chi connectivity index (χ0n) is 11.7. The molecule has 1 atom stereocenters. The molecule has 0 saturated carbocycles. The molecule has 20 heavy (non-hydrogen) atoms. The van der Waals surface area contributed by atoms with Crippen molar-refractivity contribution in [1.82, 2.24) is 4.98 Å². The van der Waals surface area contributed by atoms with Crippen LogP contribution in [0.25, 0.3) is 0 Å². The summed E-state index contributed by atoms with van der Waals surface area (Å²) in [6.07, 6.45) is -3.68. The number of pyridine rings is 1. The zero-order chi connectivity index (χ0) is 15.5. The maximum atomic E-state index is 12.7. The Bertz CT molecular complexity index is 488. The van der Waals surface area contributed by atoms with Gasteiger partial charge in [0.2, 0.25) is 0 Å². The van der Waals surface area contributed by atoms with Gasteiger partial charge in [0.15, 0.2) is 0 Å². The lowest BCUT2D eigenvalue weighted by Crippen LogP contribution is -2.28. The van der Waals surface area contributed by atoms with Crippen LogP contribution >= 0.6 is 0 Å². The van der Waals surface area contributed by atoms with Crippen LogP contribution in [0.3, 0.4) is 0 Å². The highest BCUT2D eigenvalue weighted by atomic mass is 19.4. The second kappa shape index (κ2) is 6.11. The van der Waals surface area contributed by atoms with Crippen molar-refractivity contribution in [3.63, 3.8) is 0 Å². The number of primary amides is 1. The quantitative estimate of drug-likeness (QED) is 0.906. The number of carbonyl (C=O) groups is 1. The van der Waals surface area contributed by atoms with Gasteiger partial charge in [0, 0.05) is 13.6 Å². The maximum Gasteiger partial charge on any atom is 0.433 e. The molecule has 1 unspecified atom stereocenters. The van der Waals surface area contributed by atoms with Crippen LogP contribution in [-0.4, -0.2) is 24.5 Å². The highest BCUT2D eigenvalue weighted by molar-refractivity contribution is 5.97. The third kappa shape index (κ3) is 3.85. The van der Waals surface area contributed by atoms with Crippen molar-refractivity contribution >= 4 is 11.7 Å². The molecule has 0 aliphatic rings. The molecule has 4 nitrogen and oxygen atoms in total. The van der Waals surface area contributed by atoms with E-state index in [-0.39, 0.29) is 17.3 Å². The lowest BCUT2D eigenvalue weighted by molar-refractivity contribution is -0.141. The van der Waals surface area contributed by atoms with Crippen molar-refractivity contribution < 1.29 is 18.0 Å². The first-order valence-corrected chi connectivity index (χ1v) is 6.26. The van der Waals surface area contributed by atoms with E-state index >= 15 is 0 Å². The lowest BCUT2D eigenvalue weighted by atomic mass is 10.1. The van der Waals surface area contributed by atoms with Crippen LogP contribution in [0.5, 0.6) is 0 Å². The molecule has 0 bridgehead atoms. The van der Waals surface area contributed by atoms with Crippen molar-refractivity contribution in [3.8, 4) is 0 Å². The highest BCUT2D eigenvalue weighted by Crippen LogP contribution is 2.30. The average Bonchev–Trinajstić information content (AvgIpc) is 2.36. The van der Waals surface area contributed by atoms with Gasteiger partial charge < -0.3 is 10.6 Å². The van der Waals surface area contributed by atoms with Gasteiger partial charge in [-0.05, 0) is 18.1 Å². The Labute approximate surface area is 115 Å². The van der Waals surface area contributed by atoms with Gasteiger partial charge >= 0.3 is 6.18 Å². The summed E-state index contributed by atoms with van der Waals surface area (Å²) in [5.74, 6) is -0.568. The molecule has 1 aromatic heterocycles. The summed E-state index contributed by atoms with van der Waals surface area (Å²) >= 11 is 0. The minimum absolute atomic E-state index is 0.0104. The number of hydrogen-bond acceptors (Lipinski definition) is 3. The molecule has 0 radical (unpaired) electrons. The van der Waals surface area contributed by atoms with Crippen molar-refractivity contribution in [2.24, 2.45) is 11.7 Å². The number of halogens is 3. The van der Waals surface area contributed by atoms with Crippen LogP contribution in [0.15, 0.2) is 12.1 Å². The monoisotopic (exact) mass is 289 g/mol. The number of rotatable bonds is 5. The Kier molecular flexibility index (Phi) is 4.97. The van der Waals surface area contributed by atoms with Crippen molar-refractivity contribution in [1.29, 1.82) is 0 Å². The number of aromatic nitrogens is 1. The summed E-state index contributed by atoms with van der Waals surface area (Å²) in [5, 5.41) is 0. The molecule has 0 fully saturated rings. The second-order valence-corrected chi connectivity index (χ2v) is 4.82. The fourth-order valence-corrected chi connectivity index (χ4v) is 1.77. The summed E-state index contributed by atoms with van der Waals surface area (Å²) in [6.45, 7) is 4.44. The molecule has 1 heterocycles. The van der Waals surface area contributed by atoms with Gasteiger partial charge in [-0.25, -0.2) is 4.98 Å². The molecule has 1 aromatic rings. The van der Waals surface area contributed by atoms with E-state index in [4.69, 9.17) is 5.73 Å². The summed E-state index contributed by atoms with van der Waals surface area (Å²) < 4.78 is 38.1. The number of hydrogen-bond donors (Lipinski definition) is 1. The Balaban J connectivity index is 3.22. The molecular weight excluding hydrogens is 271 g/mol. The smallest absolute Gasteiger partial charge is 0.365 e. The van der Waals surface area contributed by atoms with Crippen LogP contribution in [-0.2, 0) is 6.18 Å². The summed E-state index contributed by atoms with van der Waals surface area (Å²) in [6, 6.07) is 1.83. The van der Waals surface area contributed by atoms with Crippen LogP contribution in [0, 0.1) is 5.92 Å². The third-order valence-corrected chi connectivity index (χ3v) is 3.08. The second-order valence-electron chi connectivity index (χ2n) is 4.82. The van der Waals surface area contributed by atoms with E-state index in [0.717, 1.165) is 18.6 Å². The molecule has 1 amide bonds. The fourth-order valence-electron chi connectivity index (χ4n) is 1.77. The summed E-state index contributed by atoms with van der Waals surface area (Å²) in [5.41, 5.74) is 4.14. The van der Waals surface area contributed by atoms with Crippen molar-refractivity contribution in [3.05, 3.63) is 23.4 Å². The molecular formula is C13H18F3N3O. The van der Waals surface area contributed by atoms with Gasteiger partial charge in [-0.1, -0.05) is 20.3 Å². The van der Waals surface area contributed by atoms with Gasteiger partial charge in [0.1, 0.15) is 11.5 Å². The van der Waals surface area contributed by atoms with E-state index in [1.165, 1.54) is 4.90 Å². The van der Waals surface area contributed by atoms with Gasteiger partial charge in [0.05, 0.1) is 5.56 Å². The van der Waals surface area contributed by atoms with E-state index in [1.54, 1.807) is 7.05 Å². The number of anilines is 1. The van der Waals surface area contributed by atoms with Crippen LogP contribution < -0.4 is 10.6 Å². The fraction of sp³-hybridized carbons (Fsp3) is 0.538. The topological polar surface area (TPSA) is 59.2 Å². The Morgan fingerprint density at radius 1 is 1.45 bits per heavy atom. The molecule has 7 heteroatoms. The minimum Gasteiger partial charge on any atom is -0.365 e. The largest absolute Gasteiger partial charge is 0.433 e. The van der Waals surface area contributed by atoms with Gasteiger partial charge in [0.25, 0.3) is 5.91 Å². The summed E-state index contributed by atoms with van der Waals surface area (Å²) in [4.78, 5) is 16.4. The predicted molar refractivity (Wildman–Crippen MR) is 70.5 cm³/mol. The average molecular weight is 289 g/mol. The van der Waals surface area contributed by atoms with E-state index in [0.29, 0.717) is 6.54 Å². The van der Waals surface area contributed by atoms with E-state index in [2.05, 4.69) is 4.98 Å². The lowest BCUT2D eigenvalue weighted by Gasteiger charge is -2.24. The van der Waals surface area contributed by atoms with Crippen LogP contribution in [0.4, 0.5) is 19.0 Å². The zero-order valence-corrected chi connectivity index (χ0v) is 11.7. The molecule has 0 aromatic carbocycles. The van der Waals surface area contributed by atoms with Gasteiger partial charge in [-0.2, -0.15) is 13.2 Å². The summed E-state index contributed by atoms with van der Waals surface area (Å²) in [7, 11) is 1.60. The number of carbonyl (C=O) groups excluding carboxylic acids is 1. The predicted octanol–water partition coefficient (Wildman–Crippen LogP) is 2.68. The Morgan fingerprint density at radius 2 is 2.05 bits per heavy atom. The molecule has 0 aliphatic heterocycles. The molecule has 112 valence electrons. The minimum atomic E-state index is -4.55. The normalized spacial score (nSPS) is 13.1. The molecule has 0 saturated heterocycles. The van der Waals surface area contributed by atoms with Gasteiger partial charge in [-0.3, -0.25) is 4.79 Å². The first-order chi connectivity index (χ1) is 9.16.